The van der Waals surface area contributed by atoms with E-state index in [-0.39, 0.29) is 0 Å². The monoisotopic (exact) mass is 273 g/mol. The number of hydrogen-bond acceptors (Lipinski definition) is 1. The fraction of sp³-hybridized carbons (Fsp3) is 0.267. The van der Waals surface area contributed by atoms with Crippen LogP contribution in [0.2, 0.25) is 19.6 Å². The molecule has 2 rings (SSSR count). The van der Waals surface area contributed by atoms with E-state index >= 15 is 0 Å². The third kappa shape index (κ3) is 3.18. The number of benzene rings is 2. The second-order valence-electron chi connectivity index (χ2n) is 5.77. The standard InChI is InChI=1S/C15H19NSSi/c1-18(2,3)11-16-15(17)14-10-6-8-12-7-4-5-9-13(12)14/h4-10H,11H2,1-3H3,(H,16,17). The Morgan fingerprint density at radius 3 is 2.44 bits per heavy atom. The normalized spacial score (nSPS) is 11.5. The lowest BCUT2D eigenvalue weighted by Gasteiger charge is -2.18. The largest absolute Gasteiger partial charge is 0.379 e. The van der Waals surface area contributed by atoms with Crippen LogP contribution in [0.5, 0.6) is 0 Å². The Morgan fingerprint density at radius 1 is 1.06 bits per heavy atom. The van der Waals surface area contributed by atoms with E-state index in [0.29, 0.717) is 0 Å². The van der Waals surface area contributed by atoms with E-state index in [0.717, 1.165) is 16.7 Å². The Bertz CT molecular complexity index is 567. The van der Waals surface area contributed by atoms with Crippen LogP contribution in [0.3, 0.4) is 0 Å². The molecule has 1 N–H and O–H groups in total. The van der Waals surface area contributed by atoms with Crippen LogP contribution in [0.1, 0.15) is 5.56 Å². The van der Waals surface area contributed by atoms with Crippen LogP contribution >= 0.6 is 12.2 Å². The van der Waals surface area contributed by atoms with E-state index in [1.807, 2.05) is 0 Å². The summed E-state index contributed by atoms with van der Waals surface area (Å²) in [7, 11) is -1.12. The van der Waals surface area contributed by atoms with Crippen LogP contribution in [-0.4, -0.2) is 19.2 Å². The lowest BCUT2D eigenvalue weighted by atomic mass is 10.0. The molecule has 18 heavy (non-hydrogen) atoms. The van der Waals surface area contributed by atoms with Gasteiger partial charge in [0.1, 0.15) is 4.99 Å². The Labute approximate surface area is 115 Å². The number of thiocarbonyl (C=S) groups is 1. The Balaban J connectivity index is 2.28. The molecule has 2 aromatic carbocycles. The first-order chi connectivity index (χ1) is 8.47. The maximum absolute atomic E-state index is 5.53. The molecule has 0 aliphatic rings. The molecular weight excluding hydrogens is 254 g/mol. The van der Waals surface area contributed by atoms with Crippen molar-refractivity contribution in [2.75, 3.05) is 6.17 Å². The van der Waals surface area contributed by atoms with Gasteiger partial charge in [-0.15, -0.1) is 0 Å². The molecule has 94 valence electrons. The molecule has 1 nitrogen and oxygen atoms in total. The second kappa shape index (κ2) is 5.20. The van der Waals surface area contributed by atoms with Gasteiger partial charge in [0, 0.05) is 11.7 Å². The van der Waals surface area contributed by atoms with Gasteiger partial charge in [-0.3, -0.25) is 0 Å². The van der Waals surface area contributed by atoms with Crippen LogP contribution in [0, 0.1) is 0 Å². The van der Waals surface area contributed by atoms with Crippen molar-refractivity contribution in [2.24, 2.45) is 0 Å². The van der Waals surface area contributed by atoms with Crippen molar-refractivity contribution in [3.8, 4) is 0 Å². The molecule has 0 fully saturated rings. The van der Waals surface area contributed by atoms with E-state index in [4.69, 9.17) is 12.2 Å². The second-order valence-corrected chi connectivity index (χ2v) is 11.7. The van der Waals surface area contributed by atoms with E-state index < -0.39 is 8.07 Å². The highest BCUT2D eigenvalue weighted by Crippen LogP contribution is 2.18. The van der Waals surface area contributed by atoms with Crippen molar-refractivity contribution in [2.45, 2.75) is 19.6 Å². The molecule has 0 saturated heterocycles. The quantitative estimate of drug-likeness (QED) is 0.670. The highest BCUT2D eigenvalue weighted by atomic mass is 32.1. The summed E-state index contributed by atoms with van der Waals surface area (Å²) >= 11 is 5.53. The SMILES string of the molecule is C[Si](C)(C)CNC(=S)c1cccc2ccccc12. The summed E-state index contributed by atoms with van der Waals surface area (Å²) in [6.45, 7) is 7.02. The lowest BCUT2D eigenvalue weighted by Crippen LogP contribution is -2.39. The minimum Gasteiger partial charge on any atom is -0.379 e. The van der Waals surface area contributed by atoms with Gasteiger partial charge in [0.2, 0.25) is 0 Å². The molecule has 0 bridgehead atoms. The molecule has 0 atom stereocenters. The van der Waals surface area contributed by atoms with Crippen molar-refractivity contribution in [1.29, 1.82) is 0 Å². The van der Waals surface area contributed by atoms with Gasteiger partial charge in [-0.25, -0.2) is 0 Å². The van der Waals surface area contributed by atoms with Crippen LogP contribution < -0.4 is 5.32 Å². The highest BCUT2D eigenvalue weighted by molar-refractivity contribution is 7.80. The Hall–Kier alpha value is -1.19. The molecule has 0 saturated carbocycles. The number of rotatable bonds is 3. The van der Waals surface area contributed by atoms with E-state index in [1.165, 1.54) is 10.8 Å². The van der Waals surface area contributed by atoms with Gasteiger partial charge in [-0.2, -0.15) is 0 Å². The van der Waals surface area contributed by atoms with Gasteiger partial charge in [-0.05, 0) is 10.8 Å². The summed E-state index contributed by atoms with van der Waals surface area (Å²) in [5.41, 5.74) is 1.14. The average molecular weight is 273 g/mol. The maximum Gasteiger partial charge on any atom is 0.106 e. The summed E-state index contributed by atoms with van der Waals surface area (Å²) in [5, 5.41) is 5.90. The van der Waals surface area contributed by atoms with Gasteiger partial charge < -0.3 is 5.32 Å². The van der Waals surface area contributed by atoms with Crippen molar-refractivity contribution < 1.29 is 0 Å². The number of hydrogen-bond donors (Lipinski definition) is 1. The molecule has 0 unspecified atom stereocenters. The Kier molecular flexibility index (Phi) is 3.83. The van der Waals surface area contributed by atoms with Crippen molar-refractivity contribution in [3.05, 3.63) is 48.0 Å². The first kappa shape index (κ1) is 13.2. The summed E-state index contributed by atoms with van der Waals surface area (Å²) in [5.74, 6) is 0. The third-order valence-electron chi connectivity index (χ3n) is 2.81. The first-order valence-corrected chi connectivity index (χ1v) is 10.3. The van der Waals surface area contributed by atoms with Crippen molar-refractivity contribution >= 4 is 36.1 Å². The predicted molar refractivity (Wildman–Crippen MR) is 87.0 cm³/mol. The first-order valence-electron chi connectivity index (χ1n) is 6.23. The highest BCUT2D eigenvalue weighted by Gasteiger charge is 2.14. The summed E-state index contributed by atoms with van der Waals surface area (Å²) in [6.07, 6.45) is 1.02. The maximum atomic E-state index is 5.53. The summed E-state index contributed by atoms with van der Waals surface area (Å²) in [4.78, 5) is 0.870. The van der Waals surface area contributed by atoms with Crippen LogP contribution in [0.15, 0.2) is 42.5 Å². The fourth-order valence-electron chi connectivity index (χ4n) is 1.86. The minimum absolute atomic E-state index is 0.870. The smallest absolute Gasteiger partial charge is 0.106 e. The zero-order valence-corrected chi connectivity index (χ0v) is 13.0. The zero-order valence-electron chi connectivity index (χ0n) is 11.2. The van der Waals surface area contributed by atoms with Gasteiger partial charge in [0.25, 0.3) is 0 Å². The molecule has 0 aliphatic carbocycles. The van der Waals surface area contributed by atoms with E-state index in [1.54, 1.807) is 0 Å². The fourth-order valence-corrected chi connectivity index (χ4v) is 2.95. The molecule has 0 aromatic heterocycles. The van der Waals surface area contributed by atoms with Crippen molar-refractivity contribution in [1.82, 2.24) is 5.32 Å². The van der Waals surface area contributed by atoms with Crippen LogP contribution in [-0.2, 0) is 0 Å². The van der Waals surface area contributed by atoms with Gasteiger partial charge in [0.15, 0.2) is 0 Å². The molecule has 3 heteroatoms. The predicted octanol–water partition coefficient (Wildman–Crippen LogP) is 3.98. The molecule has 0 heterocycles. The summed E-state index contributed by atoms with van der Waals surface area (Å²) in [6, 6.07) is 14.7. The van der Waals surface area contributed by atoms with Crippen LogP contribution in [0.25, 0.3) is 10.8 Å². The topological polar surface area (TPSA) is 12.0 Å². The molecular formula is C15H19NSSi. The number of fused-ring (bicyclic) bond motifs is 1. The molecule has 0 spiro atoms. The van der Waals surface area contributed by atoms with Crippen molar-refractivity contribution in [3.63, 3.8) is 0 Å². The Morgan fingerprint density at radius 2 is 1.72 bits per heavy atom. The van der Waals surface area contributed by atoms with E-state index in [2.05, 4.69) is 67.4 Å². The van der Waals surface area contributed by atoms with Gasteiger partial charge >= 0.3 is 0 Å². The number of nitrogens with one attached hydrogen (secondary N) is 1. The minimum atomic E-state index is -1.12. The van der Waals surface area contributed by atoms with Gasteiger partial charge in [0.05, 0.1) is 8.07 Å². The molecule has 2 aromatic rings. The molecule has 0 aliphatic heterocycles. The van der Waals surface area contributed by atoms with Gasteiger partial charge in [-0.1, -0.05) is 74.3 Å². The molecule has 0 amide bonds. The lowest BCUT2D eigenvalue weighted by molar-refractivity contribution is 1.10. The average Bonchev–Trinajstić information content (AvgIpc) is 2.34. The zero-order chi connectivity index (χ0) is 13.2. The summed E-state index contributed by atoms with van der Waals surface area (Å²) < 4.78 is 0. The van der Waals surface area contributed by atoms with E-state index in [9.17, 15) is 0 Å². The third-order valence-corrected chi connectivity index (χ3v) is 4.42. The van der Waals surface area contributed by atoms with Crippen LogP contribution in [0.4, 0.5) is 0 Å². The molecule has 0 radical (unpaired) electrons.